The summed E-state index contributed by atoms with van der Waals surface area (Å²) in [5.74, 6) is 1.03. The van der Waals surface area contributed by atoms with Gasteiger partial charge in [0.1, 0.15) is 10.6 Å². The van der Waals surface area contributed by atoms with Crippen LogP contribution in [0.2, 0.25) is 0 Å². The number of carbonyl (C=O) groups is 1. The number of imidazole rings is 1. The van der Waals surface area contributed by atoms with Gasteiger partial charge in [-0.15, -0.1) is 0 Å². The van der Waals surface area contributed by atoms with E-state index in [0.29, 0.717) is 25.1 Å². The smallest absolute Gasteiger partial charge is 0.245 e. The van der Waals surface area contributed by atoms with Crippen LogP contribution >= 0.6 is 8.20 Å². The highest BCUT2D eigenvalue weighted by Crippen LogP contribution is 2.36. The number of hydrogen-bond donors (Lipinski definition) is 2. The van der Waals surface area contributed by atoms with Crippen molar-refractivity contribution in [3.05, 3.63) is 35.4 Å². The van der Waals surface area contributed by atoms with Crippen LogP contribution in [-0.2, 0) is 27.6 Å². The number of nitrogens with zero attached hydrogens (tertiary/aromatic N) is 2. The third-order valence-electron chi connectivity index (χ3n) is 6.54. The van der Waals surface area contributed by atoms with Crippen molar-refractivity contribution >= 4 is 40.4 Å². The standard InChI is InChI=1S/C26H36N3O4PS/c1-24(2,3)14-21-27-18-12-17(10-11-19(18)29(21)15-16-8-9-16)35(32,33)26(6,7)23(30)28-22-13-20(34-22)25(4,5)31/h10-13,16,31H,8-9,14-15H2,1-7H3,(H,28,30). The van der Waals surface area contributed by atoms with Crippen LogP contribution < -0.4 is 5.32 Å². The number of fused-ring (bicyclic) bond motifs is 1. The fraction of sp³-hybridized carbons (Fsp3) is 0.577. The molecule has 0 unspecified atom stereocenters. The molecule has 1 aromatic heterocycles. The average molecular weight is 518 g/mol. The third kappa shape index (κ3) is 5.25. The zero-order valence-corrected chi connectivity index (χ0v) is 23.3. The fourth-order valence-electron chi connectivity index (χ4n) is 4.02. The molecule has 2 aliphatic rings. The summed E-state index contributed by atoms with van der Waals surface area (Å²) in [6.07, 6.45) is 4.92. The van der Waals surface area contributed by atoms with Crippen molar-refractivity contribution in [2.75, 3.05) is 0 Å². The Morgan fingerprint density at radius 3 is 2.34 bits per heavy atom. The topological polar surface area (TPSA) is 101 Å². The van der Waals surface area contributed by atoms with Crippen molar-refractivity contribution in [1.29, 1.82) is 0 Å². The lowest BCUT2D eigenvalue weighted by atomic mass is 9.92. The third-order valence-corrected chi connectivity index (χ3v) is 10.3. The lowest BCUT2D eigenvalue weighted by Gasteiger charge is -2.28. The van der Waals surface area contributed by atoms with Crippen LogP contribution in [0.15, 0.2) is 34.5 Å². The van der Waals surface area contributed by atoms with Crippen LogP contribution in [0.5, 0.6) is 0 Å². The van der Waals surface area contributed by atoms with Crippen LogP contribution in [-0.4, -0.2) is 44.7 Å². The summed E-state index contributed by atoms with van der Waals surface area (Å²) in [7, 11) is -3.30. The van der Waals surface area contributed by atoms with Crippen molar-refractivity contribution in [3.8, 4) is 0 Å². The lowest BCUT2D eigenvalue weighted by molar-refractivity contribution is -0.121. The molecule has 1 aliphatic carbocycles. The highest BCUT2D eigenvalue weighted by atomic mass is 32.2. The second kappa shape index (κ2) is 8.53. The van der Waals surface area contributed by atoms with E-state index in [1.54, 1.807) is 32.1 Å². The molecule has 2 aromatic rings. The Bertz CT molecular complexity index is 1350. The highest BCUT2D eigenvalue weighted by Gasteiger charge is 2.44. The summed E-state index contributed by atoms with van der Waals surface area (Å²) in [5, 5.41) is 13.5. The van der Waals surface area contributed by atoms with Gasteiger partial charge in [-0.05, 0) is 84.3 Å². The molecule has 7 nitrogen and oxygen atoms in total. The number of rotatable bonds is 8. The molecule has 35 heavy (non-hydrogen) atoms. The highest BCUT2D eigenvalue weighted by molar-refractivity contribution is 7.93. The monoisotopic (exact) mass is 517 g/mol. The molecule has 2 N–H and O–H groups in total. The van der Waals surface area contributed by atoms with Gasteiger partial charge in [-0.25, -0.2) is 13.4 Å². The first-order chi connectivity index (χ1) is 16.0. The molecule has 0 bridgehead atoms. The van der Waals surface area contributed by atoms with Crippen LogP contribution in [0.1, 0.15) is 67.1 Å². The Morgan fingerprint density at radius 1 is 1.17 bits per heavy atom. The number of aliphatic hydroxyl groups is 1. The van der Waals surface area contributed by atoms with Crippen molar-refractivity contribution in [3.63, 3.8) is 0 Å². The number of aromatic nitrogens is 2. The second-order valence-electron chi connectivity index (χ2n) is 12.0. The molecular weight excluding hydrogens is 481 g/mol. The molecule has 1 aliphatic heterocycles. The maximum atomic E-state index is 13.6. The Hall–Kier alpha value is -2.02. The van der Waals surface area contributed by atoms with Crippen LogP contribution in [0, 0.1) is 11.3 Å². The van der Waals surface area contributed by atoms with E-state index < -0.39 is 26.1 Å². The fourth-order valence-corrected chi connectivity index (χ4v) is 6.29. The largest absolute Gasteiger partial charge is 0.385 e. The summed E-state index contributed by atoms with van der Waals surface area (Å²) in [6.45, 7) is 13.6. The minimum absolute atomic E-state index is 0.0513. The van der Waals surface area contributed by atoms with Crippen molar-refractivity contribution in [1.82, 2.24) is 14.9 Å². The van der Waals surface area contributed by atoms with Gasteiger partial charge in [0.25, 0.3) is 0 Å². The number of sulfone groups is 1. The zero-order chi connectivity index (χ0) is 26.0. The SMILES string of the molecule is CC(C)(C)Cc1nc2cc(S(=O)(=O)C(C)(C)C(=O)NC3=PC(C(C)(C)O)=C3)ccc2n1CC1CC1. The van der Waals surface area contributed by atoms with E-state index in [-0.39, 0.29) is 10.3 Å². The lowest BCUT2D eigenvalue weighted by Crippen LogP contribution is -2.50. The minimum atomic E-state index is -4.00. The van der Waals surface area contributed by atoms with Gasteiger partial charge < -0.3 is 15.0 Å². The predicted molar refractivity (Wildman–Crippen MR) is 141 cm³/mol. The number of carbonyl (C=O) groups excluding carboxylic acids is 1. The maximum Gasteiger partial charge on any atom is 0.245 e. The summed E-state index contributed by atoms with van der Waals surface area (Å²) >= 11 is 0. The number of nitrogens with one attached hydrogen (secondary N) is 1. The Labute approximate surface area is 209 Å². The van der Waals surface area contributed by atoms with E-state index in [1.165, 1.54) is 26.7 Å². The molecule has 9 heteroatoms. The number of benzene rings is 1. The molecule has 1 fully saturated rings. The maximum absolute atomic E-state index is 13.6. The van der Waals surface area contributed by atoms with Gasteiger partial charge in [-0.3, -0.25) is 4.79 Å². The van der Waals surface area contributed by atoms with Gasteiger partial charge in [0.15, 0.2) is 9.84 Å². The zero-order valence-electron chi connectivity index (χ0n) is 21.6. The van der Waals surface area contributed by atoms with E-state index in [9.17, 15) is 18.3 Å². The molecule has 1 saturated carbocycles. The van der Waals surface area contributed by atoms with Gasteiger partial charge in [0.05, 0.1) is 26.9 Å². The first-order valence-electron chi connectivity index (χ1n) is 12.1. The van der Waals surface area contributed by atoms with E-state index in [1.807, 2.05) is 6.07 Å². The first kappa shape index (κ1) is 26.1. The molecular formula is C26H36N3O4PS. The minimum Gasteiger partial charge on any atom is -0.385 e. The van der Waals surface area contributed by atoms with Gasteiger partial charge in [-0.2, -0.15) is 0 Å². The van der Waals surface area contributed by atoms with Crippen LogP contribution in [0.4, 0.5) is 0 Å². The van der Waals surface area contributed by atoms with Gasteiger partial charge in [0, 0.05) is 18.3 Å². The van der Waals surface area contributed by atoms with Gasteiger partial charge in [0.2, 0.25) is 5.91 Å². The summed E-state index contributed by atoms with van der Waals surface area (Å²) in [5.41, 5.74) is 1.24. The molecule has 0 radical (unpaired) electrons. The van der Waals surface area contributed by atoms with Crippen LogP contribution in [0.3, 0.4) is 0 Å². The quantitative estimate of drug-likeness (QED) is 0.504. The van der Waals surface area contributed by atoms with E-state index in [0.717, 1.165) is 29.6 Å². The second-order valence-corrected chi connectivity index (χ2v) is 15.7. The Kier molecular flexibility index (Phi) is 6.35. The van der Waals surface area contributed by atoms with Crippen molar-refractivity contribution < 1.29 is 18.3 Å². The molecule has 1 aromatic carbocycles. The summed E-state index contributed by atoms with van der Waals surface area (Å²) in [4.78, 5) is 18.0. The van der Waals surface area contributed by atoms with Crippen molar-refractivity contribution in [2.24, 2.45) is 11.3 Å². The van der Waals surface area contributed by atoms with E-state index >= 15 is 0 Å². The summed E-state index contributed by atoms with van der Waals surface area (Å²) < 4.78 is 27.7. The van der Waals surface area contributed by atoms with Gasteiger partial charge in [-0.1, -0.05) is 20.8 Å². The van der Waals surface area contributed by atoms with E-state index in [4.69, 9.17) is 4.98 Å². The average Bonchev–Trinajstić information content (AvgIpc) is 3.44. The van der Waals surface area contributed by atoms with Crippen molar-refractivity contribution in [2.45, 2.75) is 89.5 Å². The molecule has 4 rings (SSSR count). The molecule has 0 saturated heterocycles. The molecule has 1 amide bonds. The van der Waals surface area contributed by atoms with E-state index in [2.05, 4.69) is 30.7 Å². The Balaban J connectivity index is 1.62. The predicted octanol–water partition coefficient (Wildman–Crippen LogP) is 4.45. The Morgan fingerprint density at radius 2 is 1.80 bits per heavy atom. The molecule has 190 valence electrons. The molecule has 2 heterocycles. The summed E-state index contributed by atoms with van der Waals surface area (Å²) in [6, 6.07) is 5.03. The van der Waals surface area contributed by atoms with Crippen LogP contribution in [0.25, 0.3) is 11.0 Å². The first-order valence-corrected chi connectivity index (χ1v) is 14.5. The molecule has 0 spiro atoms. The normalized spacial score (nSPS) is 17.6. The molecule has 0 atom stereocenters. The number of amides is 1. The van der Waals surface area contributed by atoms with Gasteiger partial charge >= 0.3 is 0 Å². The number of hydrogen-bond acceptors (Lipinski definition) is 5.